The predicted molar refractivity (Wildman–Crippen MR) is 42.1 cm³/mol. The van der Waals surface area contributed by atoms with E-state index in [1.165, 1.54) is 14.2 Å². The van der Waals surface area contributed by atoms with Gasteiger partial charge >= 0.3 is 0 Å². The third-order valence-corrected chi connectivity index (χ3v) is 3.02. The average Bonchev–Trinajstić information content (AvgIpc) is 2.00. The maximum absolute atomic E-state index is 11.0. The molecule has 0 N–H and O–H groups in total. The van der Waals surface area contributed by atoms with Crippen molar-refractivity contribution in [2.45, 2.75) is 13.2 Å². The van der Waals surface area contributed by atoms with Gasteiger partial charge in [0.15, 0.2) is 16.1 Å². The summed E-state index contributed by atoms with van der Waals surface area (Å²) in [5.41, 5.74) is 0. The van der Waals surface area contributed by atoms with Gasteiger partial charge in [-0.15, -0.1) is 0 Å². The lowest BCUT2D eigenvalue weighted by atomic mass is 10.7. The van der Waals surface area contributed by atoms with Gasteiger partial charge in [0.1, 0.15) is 5.75 Å². The summed E-state index contributed by atoms with van der Waals surface area (Å²) in [5, 5.41) is 0. The number of hydrogen-bond acceptors (Lipinski definition) is 4. The van der Waals surface area contributed by atoms with E-state index in [0.717, 1.165) is 0 Å². The summed E-state index contributed by atoms with van der Waals surface area (Å²) in [7, 11) is -0.161. The zero-order valence-corrected chi connectivity index (χ0v) is 7.85. The van der Waals surface area contributed by atoms with Crippen LogP contribution in [0.25, 0.3) is 0 Å². The maximum Gasteiger partial charge on any atom is 0.170 e. The van der Waals surface area contributed by atoms with Crippen molar-refractivity contribution in [1.82, 2.24) is 0 Å². The van der Waals surface area contributed by atoms with Gasteiger partial charge in [0.2, 0.25) is 0 Å². The maximum atomic E-state index is 11.0. The monoisotopic (exact) mass is 182 g/mol. The fraction of sp³-hybridized carbons (Fsp3) is 1.00. The fourth-order valence-electron chi connectivity index (χ4n) is 0.557. The van der Waals surface area contributed by atoms with E-state index in [-0.39, 0.29) is 11.5 Å². The smallest absolute Gasteiger partial charge is 0.170 e. The van der Waals surface area contributed by atoms with Crippen molar-refractivity contribution in [2.24, 2.45) is 0 Å². The molecular formula is C6H14O4S. The van der Waals surface area contributed by atoms with Crippen LogP contribution in [0.2, 0.25) is 0 Å². The van der Waals surface area contributed by atoms with Gasteiger partial charge in [-0.3, -0.25) is 0 Å². The molecule has 0 unspecified atom stereocenters. The molecule has 0 fully saturated rings. The predicted octanol–water partition coefficient (Wildman–Crippen LogP) is 0.0400. The summed E-state index contributed by atoms with van der Waals surface area (Å²) in [6.07, 6.45) is -0.639. The lowest BCUT2D eigenvalue weighted by molar-refractivity contribution is -0.0851. The molecule has 0 bridgehead atoms. The Bertz CT molecular complexity index is 181. The molecule has 68 valence electrons. The molecular weight excluding hydrogens is 168 g/mol. The fourth-order valence-corrected chi connectivity index (χ4v) is 1.48. The van der Waals surface area contributed by atoms with Crippen LogP contribution in [0.5, 0.6) is 0 Å². The van der Waals surface area contributed by atoms with Gasteiger partial charge in [-0.1, -0.05) is 6.92 Å². The van der Waals surface area contributed by atoms with Gasteiger partial charge < -0.3 is 9.47 Å². The highest BCUT2D eigenvalue weighted by molar-refractivity contribution is 7.91. The van der Waals surface area contributed by atoms with E-state index in [1.54, 1.807) is 6.92 Å². The molecule has 0 spiro atoms. The standard InChI is InChI=1S/C6H14O4S/c1-4-11(7,8)5-6(9-2)10-3/h6H,4-5H2,1-3H3. The second kappa shape index (κ2) is 4.69. The van der Waals surface area contributed by atoms with Gasteiger partial charge in [0.25, 0.3) is 0 Å². The van der Waals surface area contributed by atoms with Gasteiger partial charge in [-0.2, -0.15) is 0 Å². The van der Waals surface area contributed by atoms with Crippen LogP contribution in [0.3, 0.4) is 0 Å². The van der Waals surface area contributed by atoms with Crippen molar-refractivity contribution in [3.8, 4) is 0 Å². The van der Waals surface area contributed by atoms with Crippen molar-refractivity contribution in [1.29, 1.82) is 0 Å². The first-order chi connectivity index (χ1) is 5.05. The topological polar surface area (TPSA) is 52.6 Å². The number of ether oxygens (including phenoxy) is 2. The summed E-state index contributed by atoms with van der Waals surface area (Å²) in [5.74, 6) is 0.0483. The summed E-state index contributed by atoms with van der Waals surface area (Å²) < 4.78 is 31.4. The Labute approximate surface area is 67.4 Å². The molecule has 0 aliphatic heterocycles. The first kappa shape index (κ1) is 10.9. The third-order valence-electron chi connectivity index (χ3n) is 1.36. The number of methoxy groups -OCH3 is 2. The molecule has 4 nitrogen and oxygen atoms in total. The molecule has 0 aliphatic carbocycles. The second-order valence-electron chi connectivity index (χ2n) is 2.10. The van der Waals surface area contributed by atoms with Crippen LogP contribution in [-0.4, -0.2) is 40.4 Å². The Balaban J connectivity index is 4.01. The average molecular weight is 182 g/mol. The lowest BCUT2D eigenvalue weighted by Crippen LogP contribution is -2.25. The van der Waals surface area contributed by atoms with E-state index in [1.807, 2.05) is 0 Å². The minimum absolute atomic E-state index is 0.0729. The SMILES string of the molecule is CCS(=O)(=O)CC(OC)OC. The van der Waals surface area contributed by atoms with E-state index in [2.05, 4.69) is 0 Å². The molecule has 0 aliphatic rings. The molecule has 0 saturated heterocycles. The molecule has 0 atom stereocenters. The van der Waals surface area contributed by atoms with Crippen molar-refractivity contribution in [3.63, 3.8) is 0 Å². The summed E-state index contributed by atoms with van der Waals surface area (Å²) in [4.78, 5) is 0. The molecule has 0 aromatic heterocycles. The Morgan fingerprint density at radius 1 is 1.27 bits per heavy atom. The van der Waals surface area contributed by atoms with Crippen LogP contribution in [0.15, 0.2) is 0 Å². The first-order valence-corrected chi connectivity index (χ1v) is 5.14. The lowest BCUT2D eigenvalue weighted by Gasteiger charge is -2.11. The van der Waals surface area contributed by atoms with Crippen molar-refractivity contribution in [3.05, 3.63) is 0 Å². The van der Waals surface area contributed by atoms with E-state index in [4.69, 9.17) is 9.47 Å². The highest BCUT2D eigenvalue weighted by Crippen LogP contribution is 1.98. The molecule has 0 heterocycles. The summed E-state index contributed by atoms with van der Waals surface area (Å²) in [6, 6.07) is 0. The molecule has 0 saturated carbocycles. The highest BCUT2D eigenvalue weighted by Gasteiger charge is 2.15. The molecule has 0 aromatic rings. The Hall–Kier alpha value is -0.130. The van der Waals surface area contributed by atoms with Crippen molar-refractivity contribution < 1.29 is 17.9 Å². The van der Waals surface area contributed by atoms with Crippen molar-refractivity contribution >= 4 is 9.84 Å². The van der Waals surface area contributed by atoms with Crippen LogP contribution in [0, 0.1) is 0 Å². The Kier molecular flexibility index (Phi) is 4.63. The van der Waals surface area contributed by atoms with E-state index < -0.39 is 16.1 Å². The highest BCUT2D eigenvalue weighted by atomic mass is 32.2. The van der Waals surface area contributed by atoms with Crippen LogP contribution in [-0.2, 0) is 19.3 Å². The van der Waals surface area contributed by atoms with Crippen LogP contribution in [0.1, 0.15) is 6.92 Å². The zero-order chi connectivity index (χ0) is 8.91. The van der Waals surface area contributed by atoms with Crippen molar-refractivity contribution in [2.75, 3.05) is 25.7 Å². The first-order valence-electron chi connectivity index (χ1n) is 3.31. The van der Waals surface area contributed by atoms with Crippen LogP contribution >= 0.6 is 0 Å². The number of rotatable bonds is 5. The van der Waals surface area contributed by atoms with Gasteiger partial charge in [-0.25, -0.2) is 8.42 Å². The zero-order valence-electron chi connectivity index (χ0n) is 7.03. The third kappa shape index (κ3) is 4.34. The van der Waals surface area contributed by atoms with E-state index in [0.29, 0.717) is 0 Å². The quantitative estimate of drug-likeness (QED) is 0.563. The largest absolute Gasteiger partial charge is 0.355 e. The van der Waals surface area contributed by atoms with Crippen LogP contribution < -0.4 is 0 Å². The second-order valence-corrected chi connectivity index (χ2v) is 4.50. The van der Waals surface area contributed by atoms with Gasteiger partial charge in [0, 0.05) is 20.0 Å². The van der Waals surface area contributed by atoms with Gasteiger partial charge in [-0.05, 0) is 0 Å². The number of sulfone groups is 1. The molecule has 0 amide bonds. The van der Waals surface area contributed by atoms with Gasteiger partial charge in [0.05, 0.1) is 0 Å². The summed E-state index contributed by atoms with van der Waals surface area (Å²) >= 11 is 0. The Morgan fingerprint density at radius 2 is 1.73 bits per heavy atom. The minimum Gasteiger partial charge on any atom is -0.355 e. The molecule has 0 rings (SSSR count). The molecule has 11 heavy (non-hydrogen) atoms. The van der Waals surface area contributed by atoms with E-state index in [9.17, 15) is 8.42 Å². The summed E-state index contributed by atoms with van der Waals surface area (Å²) in [6.45, 7) is 1.59. The van der Waals surface area contributed by atoms with E-state index >= 15 is 0 Å². The minimum atomic E-state index is -2.99. The number of hydrogen-bond donors (Lipinski definition) is 0. The Morgan fingerprint density at radius 3 is 2.00 bits per heavy atom. The normalized spacial score (nSPS) is 12.4. The molecule has 0 aromatic carbocycles. The van der Waals surface area contributed by atoms with Crippen LogP contribution in [0.4, 0.5) is 0 Å². The molecule has 0 radical (unpaired) electrons. The molecule has 5 heteroatoms.